The summed E-state index contributed by atoms with van der Waals surface area (Å²) in [5.74, 6) is -2.31. The third-order valence-corrected chi connectivity index (χ3v) is 5.47. The highest BCUT2D eigenvalue weighted by Crippen LogP contribution is 2.55. The molecule has 0 aromatic carbocycles. The van der Waals surface area contributed by atoms with Crippen molar-refractivity contribution in [3.05, 3.63) is 0 Å². The minimum atomic E-state index is -1.67. The van der Waals surface area contributed by atoms with Crippen molar-refractivity contribution in [3.8, 4) is 0 Å². The smallest absolute Gasteiger partial charge is 0.330 e. The number of amides is 3. The van der Waals surface area contributed by atoms with Crippen molar-refractivity contribution in [2.24, 2.45) is 0 Å². The van der Waals surface area contributed by atoms with E-state index in [2.05, 4.69) is 37.2 Å². The summed E-state index contributed by atoms with van der Waals surface area (Å²) in [6.07, 6.45) is -3.03. The van der Waals surface area contributed by atoms with Crippen LogP contribution in [0.1, 0.15) is 0 Å². The lowest BCUT2D eigenvalue weighted by Crippen LogP contribution is -2.73. The number of hydrogen-bond donors (Lipinski definition) is 2. The molecule has 5 heterocycles. The van der Waals surface area contributed by atoms with E-state index in [1.165, 1.54) is 4.90 Å². The Morgan fingerprint density at radius 2 is 2.16 bits per heavy atom. The van der Waals surface area contributed by atoms with Gasteiger partial charge in [-0.1, -0.05) is 31.9 Å². The number of imide groups is 1. The number of nitrogens with zero attached hydrogens (tertiary/aromatic N) is 1. The van der Waals surface area contributed by atoms with Crippen LogP contribution in [0.25, 0.3) is 0 Å². The molecule has 0 aliphatic carbocycles. The van der Waals surface area contributed by atoms with Crippen LogP contribution in [0, 0.1) is 0 Å². The highest BCUT2D eigenvalue weighted by Gasteiger charge is 2.77. The molecule has 0 aromatic rings. The number of halogens is 2. The van der Waals surface area contributed by atoms with Crippen molar-refractivity contribution in [1.29, 1.82) is 0 Å². The number of ether oxygens (including phenoxy) is 3. The maximum atomic E-state index is 12.0. The minimum absolute atomic E-state index is 0.0180. The zero-order valence-electron chi connectivity index (χ0n) is 9.21. The van der Waals surface area contributed by atoms with Crippen LogP contribution in [-0.4, -0.2) is 62.2 Å². The molecule has 5 aliphatic rings. The summed E-state index contributed by atoms with van der Waals surface area (Å²) in [5.41, 5.74) is 0. The molecule has 10 heteroatoms. The molecule has 19 heavy (non-hydrogen) atoms. The van der Waals surface area contributed by atoms with Crippen LogP contribution in [0.3, 0.4) is 0 Å². The van der Waals surface area contributed by atoms with Crippen LogP contribution < -0.4 is 5.32 Å². The highest BCUT2D eigenvalue weighted by atomic mass is 79.9. The van der Waals surface area contributed by atoms with Crippen LogP contribution in [0.15, 0.2) is 0 Å². The van der Waals surface area contributed by atoms with Crippen LogP contribution in [0.4, 0.5) is 4.79 Å². The van der Waals surface area contributed by atoms with E-state index in [1.807, 2.05) is 0 Å². The molecule has 8 nitrogen and oxygen atoms in total. The lowest BCUT2D eigenvalue weighted by Gasteiger charge is -2.45. The molecule has 0 unspecified atom stereocenters. The largest absolute Gasteiger partial charge is 0.387 e. The standard InChI is InChI=1S/C9H8Br2N2O6/c10-8(11)6(15)12-7(16)13-5-4-3(14)2(18-5)1-17-9(8,13)19-4/h2-5,14H,1H2,(H,12,15,16)/t2-,3-,4+,5-,9+/m1/s1. The van der Waals surface area contributed by atoms with Crippen molar-refractivity contribution in [2.75, 3.05) is 6.61 Å². The van der Waals surface area contributed by atoms with Crippen molar-refractivity contribution in [1.82, 2.24) is 10.2 Å². The van der Waals surface area contributed by atoms with Crippen LogP contribution in [-0.2, 0) is 19.0 Å². The van der Waals surface area contributed by atoms with Crippen molar-refractivity contribution in [3.63, 3.8) is 0 Å². The molecular formula is C9H8Br2N2O6. The lowest BCUT2D eigenvalue weighted by atomic mass is 10.1. The van der Waals surface area contributed by atoms with Gasteiger partial charge in [0, 0.05) is 0 Å². The molecule has 0 saturated carbocycles. The van der Waals surface area contributed by atoms with E-state index in [1.54, 1.807) is 0 Å². The molecule has 4 bridgehead atoms. The van der Waals surface area contributed by atoms with E-state index < -0.39 is 45.6 Å². The third kappa shape index (κ3) is 1.23. The van der Waals surface area contributed by atoms with Crippen LogP contribution >= 0.6 is 31.9 Å². The maximum absolute atomic E-state index is 12.0. The Bertz CT molecular complexity index is 501. The topological polar surface area (TPSA) is 97.3 Å². The Morgan fingerprint density at radius 3 is 2.89 bits per heavy atom. The van der Waals surface area contributed by atoms with E-state index in [9.17, 15) is 14.7 Å². The number of carbonyl (C=O) groups is 2. The van der Waals surface area contributed by atoms with E-state index in [0.29, 0.717) is 0 Å². The second-order valence-corrected chi connectivity index (χ2v) is 8.18. The monoisotopic (exact) mass is 398 g/mol. The number of carbonyl (C=O) groups excluding carboxylic acids is 2. The molecule has 5 saturated heterocycles. The van der Waals surface area contributed by atoms with Gasteiger partial charge in [-0.3, -0.25) is 10.1 Å². The predicted molar refractivity (Wildman–Crippen MR) is 64.2 cm³/mol. The van der Waals surface area contributed by atoms with Gasteiger partial charge in [-0.05, 0) is 0 Å². The average Bonchev–Trinajstić information content (AvgIpc) is 2.65. The Labute approximate surface area is 123 Å². The quantitative estimate of drug-likeness (QED) is 0.517. The van der Waals surface area contributed by atoms with Gasteiger partial charge in [-0.15, -0.1) is 0 Å². The number of nitrogens with one attached hydrogen (secondary N) is 1. The first kappa shape index (κ1) is 12.5. The third-order valence-electron chi connectivity index (χ3n) is 3.74. The summed E-state index contributed by atoms with van der Waals surface area (Å²) >= 11 is 6.39. The van der Waals surface area contributed by atoms with Gasteiger partial charge < -0.3 is 19.3 Å². The Balaban J connectivity index is 1.91. The Hall–Kier alpha value is -0.260. The molecule has 5 aliphatic heterocycles. The van der Waals surface area contributed by atoms with Gasteiger partial charge in [0.2, 0.25) is 3.23 Å². The molecule has 0 radical (unpaired) electrons. The van der Waals surface area contributed by atoms with Crippen LogP contribution in [0.5, 0.6) is 0 Å². The van der Waals surface area contributed by atoms with Gasteiger partial charge in [0.25, 0.3) is 11.8 Å². The molecule has 1 spiro atoms. The van der Waals surface area contributed by atoms with E-state index >= 15 is 0 Å². The van der Waals surface area contributed by atoms with Gasteiger partial charge in [-0.25, -0.2) is 9.69 Å². The number of aliphatic hydroxyl groups excluding tert-OH is 1. The number of rotatable bonds is 0. The number of aliphatic hydroxyl groups is 1. The molecule has 0 aromatic heterocycles. The van der Waals surface area contributed by atoms with E-state index in [4.69, 9.17) is 14.2 Å². The van der Waals surface area contributed by atoms with Gasteiger partial charge in [-0.2, -0.15) is 0 Å². The van der Waals surface area contributed by atoms with Gasteiger partial charge in [0.05, 0.1) is 6.61 Å². The summed E-state index contributed by atoms with van der Waals surface area (Å²) in [5, 5.41) is 12.2. The number of fused-ring (bicyclic) bond motifs is 1. The van der Waals surface area contributed by atoms with Gasteiger partial charge >= 0.3 is 6.03 Å². The number of alkyl halides is 2. The minimum Gasteiger partial charge on any atom is -0.387 e. The summed E-state index contributed by atoms with van der Waals surface area (Å²) < 4.78 is 15.4. The summed E-state index contributed by atoms with van der Waals surface area (Å²) in [6, 6.07) is -0.679. The zero-order valence-corrected chi connectivity index (χ0v) is 12.4. The number of hydrogen-bond acceptors (Lipinski definition) is 6. The fraction of sp³-hybridized carbons (Fsp3) is 0.778. The van der Waals surface area contributed by atoms with Gasteiger partial charge in [0.15, 0.2) is 6.23 Å². The molecule has 2 N–H and O–H groups in total. The second kappa shape index (κ2) is 3.49. The summed E-state index contributed by atoms with van der Waals surface area (Å²) in [6.45, 7) is 0.0180. The molecule has 5 atom stereocenters. The first-order valence-corrected chi connectivity index (χ1v) is 7.15. The average molecular weight is 400 g/mol. The molecule has 5 fully saturated rings. The van der Waals surface area contributed by atoms with E-state index in [0.717, 1.165) is 0 Å². The Kier molecular flexibility index (Phi) is 2.29. The summed E-state index contributed by atoms with van der Waals surface area (Å²) in [7, 11) is 0. The lowest BCUT2D eigenvalue weighted by molar-refractivity contribution is -0.268. The van der Waals surface area contributed by atoms with Crippen molar-refractivity contribution >= 4 is 43.8 Å². The van der Waals surface area contributed by atoms with Crippen molar-refractivity contribution < 1.29 is 28.9 Å². The second-order valence-electron chi connectivity index (χ2n) is 4.73. The maximum Gasteiger partial charge on any atom is 0.330 e. The van der Waals surface area contributed by atoms with E-state index in [-0.39, 0.29) is 6.61 Å². The van der Waals surface area contributed by atoms with Gasteiger partial charge in [0.1, 0.15) is 18.3 Å². The van der Waals surface area contributed by atoms with Crippen LogP contribution in [0.2, 0.25) is 0 Å². The Morgan fingerprint density at radius 1 is 1.42 bits per heavy atom. The fourth-order valence-electron chi connectivity index (χ4n) is 2.84. The molecular weight excluding hydrogens is 392 g/mol. The first-order chi connectivity index (χ1) is 8.88. The SMILES string of the molecule is O=C1NC(=O)C(Br)(Br)[C@]23OC[C@H]4O[C@H]([C@@H](O2)[C@@H]4O)N13. The zero-order chi connectivity index (χ0) is 13.6. The highest BCUT2D eigenvalue weighted by molar-refractivity contribution is 9.26. The molecule has 5 rings (SSSR count). The fourth-order valence-corrected chi connectivity index (χ4v) is 3.84. The molecule has 104 valence electrons. The first-order valence-electron chi connectivity index (χ1n) is 5.56. The summed E-state index contributed by atoms with van der Waals surface area (Å²) in [4.78, 5) is 25.2. The van der Waals surface area contributed by atoms with Crippen molar-refractivity contribution in [2.45, 2.75) is 33.7 Å². The predicted octanol–water partition coefficient (Wildman–Crippen LogP) is -0.807. The number of urea groups is 1. The normalized spacial score (nSPS) is 50.2. The molecule has 3 amide bonds.